The highest BCUT2D eigenvalue weighted by molar-refractivity contribution is 4.69. The zero-order chi connectivity index (χ0) is 11.9. The van der Waals surface area contributed by atoms with Gasteiger partial charge >= 0.3 is 6.18 Å². The fourth-order valence-electron chi connectivity index (χ4n) is 1.54. The van der Waals surface area contributed by atoms with Crippen LogP contribution in [0.5, 0.6) is 0 Å². The molecule has 0 amide bonds. The Morgan fingerprint density at radius 2 is 1.87 bits per heavy atom. The number of alkyl halides is 3. The number of nitrogens with zero attached hydrogens (tertiary/aromatic N) is 1. The minimum Gasteiger partial charge on any atom is -0.313 e. The molecular formula is C10H21F3N2. The Hall–Kier alpha value is -0.290. The molecule has 0 rings (SSSR count). The zero-order valence-electron chi connectivity index (χ0n) is 9.69. The van der Waals surface area contributed by atoms with E-state index in [0.29, 0.717) is 6.42 Å². The van der Waals surface area contributed by atoms with Gasteiger partial charge in [-0.15, -0.1) is 0 Å². The molecule has 0 aliphatic carbocycles. The topological polar surface area (TPSA) is 15.3 Å². The van der Waals surface area contributed by atoms with Crippen molar-refractivity contribution in [1.82, 2.24) is 10.2 Å². The highest BCUT2D eigenvalue weighted by Crippen LogP contribution is 2.22. The summed E-state index contributed by atoms with van der Waals surface area (Å²) in [6.45, 7) is 3.54. The summed E-state index contributed by atoms with van der Waals surface area (Å²) in [5.74, 6) is 0. The maximum absolute atomic E-state index is 11.9. The predicted molar refractivity (Wildman–Crippen MR) is 55.9 cm³/mol. The number of nitrogens with one attached hydrogen (secondary N) is 1. The molecule has 92 valence electrons. The molecule has 0 saturated heterocycles. The van der Waals surface area contributed by atoms with E-state index in [1.165, 1.54) is 0 Å². The summed E-state index contributed by atoms with van der Waals surface area (Å²) in [7, 11) is 3.85. The lowest BCUT2D eigenvalue weighted by atomic mass is 10.1. The van der Waals surface area contributed by atoms with E-state index in [9.17, 15) is 13.2 Å². The van der Waals surface area contributed by atoms with Crippen LogP contribution in [0.1, 0.15) is 26.2 Å². The van der Waals surface area contributed by atoms with Crippen LogP contribution in [0.2, 0.25) is 0 Å². The lowest BCUT2D eigenvalue weighted by Crippen LogP contribution is -2.38. The lowest BCUT2D eigenvalue weighted by Gasteiger charge is -2.21. The van der Waals surface area contributed by atoms with Crippen LogP contribution in [0.25, 0.3) is 0 Å². The smallest absolute Gasteiger partial charge is 0.313 e. The van der Waals surface area contributed by atoms with E-state index in [2.05, 4.69) is 5.32 Å². The monoisotopic (exact) mass is 226 g/mol. The third-order valence-corrected chi connectivity index (χ3v) is 2.09. The molecule has 0 aliphatic rings. The van der Waals surface area contributed by atoms with Crippen molar-refractivity contribution in [3.8, 4) is 0 Å². The summed E-state index contributed by atoms with van der Waals surface area (Å²) in [6.07, 6.45) is -3.92. The van der Waals surface area contributed by atoms with Crippen LogP contribution in [-0.4, -0.2) is 44.3 Å². The maximum Gasteiger partial charge on any atom is 0.389 e. The Bertz CT molecular complexity index is 157. The zero-order valence-corrected chi connectivity index (χ0v) is 9.69. The van der Waals surface area contributed by atoms with Crippen molar-refractivity contribution in [1.29, 1.82) is 0 Å². The van der Waals surface area contributed by atoms with Gasteiger partial charge in [0.05, 0.1) is 0 Å². The van der Waals surface area contributed by atoms with Gasteiger partial charge in [-0.3, -0.25) is 0 Å². The highest BCUT2D eigenvalue weighted by atomic mass is 19.4. The summed E-state index contributed by atoms with van der Waals surface area (Å²) in [4.78, 5) is 1.99. The molecule has 1 unspecified atom stereocenters. The van der Waals surface area contributed by atoms with E-state index in [4.69, 9.17) is 0 Å². The van der Waals surface area contributed by atoms with Crippen LogP contribution in [0.4, 0.5) is 13.2 Å². The van der Waals surface area contributed by atoms with Crippen LogP contribution in [0.3, 0.4) is 0 Å². The molecule has 0 bridgehead atoms. The molecule has 0 saturated carbocycles. The third kappa shape index (κ3) is 10.0. The van der Waals surface area contributed by atoms with Crippen molar-refractivity contribution >= 4 is 0 Å². The summed E-state index contributed by atoms with van der Waals surface area (Å²) in [6, 6.07) is 0.160. The molecule has 0 fully saturated rings. The molecule has 1 atom stereocenters. The maximum atomic E-state index is 11.9. The van der Waals surface area contributed by atoms with Gasteiger partial charge < -0.3 is 10.2 Å². The lowest BCUT2D eigenvalue weighted by molar-refractivity contribution is -0.135. The second kappa shape index (κ2) is 7.06. The largest absolute Gasteiger partial charge is 0.389 e. The summed E-state index contributed by atoms with van der Waals surface area (Å²) in [5, 5.41) is 3.19. The first-order valence-corrected chi connectivity index (χ1v) is 5.30. The normalized spacial score (nSPS) is 14.6. The summed E-state index contributed by atoms with van der Waals surface area (Å²) >= 11 is 0. The van der Waals surface area contributed by atoms with Gasteiger partial charge in [0.2, 0.25) is 0 Å². The van der Waals surface area contributed by atoms with Gasteiger partial charge in [-0.25, -0.2) is 0 Å². The van der Waals surface area contributed by atoms with Gasteiger partial charge in [0, 0.05) is 19.0 Å². The molecule has 5 heteroatoms. The Kier molecular flexibility index (Phi) is 6.92. The average molecular weight is 226 g/mol. The SMILES string of the molecule is CCNC(CCCC(F)(F)F)CN(C)C. The van der Waals surface area contributed by atoms with Gasteiger partial charge in [0.1, 0.15) is 0 Å². The fourth-order valence-corrected chi connectivity index (χ4v) is 1.54. The van der Waals surface area contributed by atoms with Gasteiger partial charge in [-0.2, -0.15) is 13.2 Å². The first-order valence-electron chi connectivity index (χ1n) is 5.30. The van der Waals surface area contributed by atoms with Crippen LogP contribution in [0, 0.1) is 0 Å². The van der Waals surface area contributed by atoms with Crippen LogP contribution >= 0.6 is 0 Å². The van der Waals surface area contributed by atoms with E-state index in [1.807, 2.05) is 25.9 Å². The molecule has 0 heterocycles. The van der Waals surface area contributed by atoms with E-state index in [-0.39, 0.29) is 12.5 Å². The Balaban J connectivity index is 3.75. The highest BCUT2D eigenvalue weighted by Gasteiger charge is 2.26. The van der Waals surface area contributed by atoms with Crippen LogP contribution in [-0.2, 0) is 0 Å². The molecule has 0 aromatic heterocycles. The Morgan fingerprint density at radius 3 is 2.27 bits per heavy atom. The number of hydrogen-bond donors (Lipinski definition) is 1. The first kappa shape index (κ1) is 14.7. The summed E-state index contributed by atoms with van der Waals surface area (Å²) < 4.78 is 35.8. The van der Waals surface area contributed by atoms with Gasteiger partial charge in [-0.1, -0.05) is 6.92 Å². The number of likely N-dealkylation sites (N-methyl/N-ethyl adjacent to an activating group) is 2. The van der Waals surface area contributed by atoms with E-state index < -0.39 is 12.6 Å². The molecule has 1 N–H and O–H groups in total. The molecule has 2 nitrogen and oxygen atoms in total. The second-order valence-electron chi connectivity index (χ2n) is 4.02. The van der Waals surface area contributed by atoms with Gasteiger partial charge in [-0.05, 0) is 33.5 Å². The van der Waals surface area contributed by atoms with Crippen LogP contribution in [0.15, 0.2) is 0 Å². The number of rotatable bonds is 7. The minimum atomic E-state index is -4.02. The first-order chi connectivity index (χ1) is 6.85. The Morgan fingerprint density at radius 1 is 1.27 bits per heavy atom. The summed E-state index contributed by atoms with van der Waals surface area (Å²) in [5.41, 5.74) is 0. The molecule has 15 heavy (non-hydrogen) atoms. The van der Waals surface area contributed by atoms with E-state index in [1.54, 1.807) is 0 Å². The van der Waals surface area contributed by atoms with Crippen LogP contribution < -0.4 is 5.32 Å². The third-order valence-electron chi connectivity index (χ3n) is 2.09. The molecule has 0 aromatic carbocycles. The standard InChI is InChI=1S/C10H21F3N2/c1-4-14-9(8-15(2)3)6-5-7-10(11,12)13/h9,14H,4-8H2,1-3H3. The molecule has 0 aromatic rings. The van der Waals surface area contributed by atoms with Crippen molar-refractivity contribution in [2.24, 2.45) is 0 Å². The molecule has 0 radical (unpaired) electrons. The van der Waals surface area contributed by atoms with Crippen molar-refractivity contribution < 1.29 is 13.2 Å². The van der Waals surface area contributed by atoms with E-state index >= 15 is 0 Å². The van der Waals surface area contributed by atoms with Crippen molar-refractivity contribution in [2.45, 2.75) is 38.4 Å². The van der Waals surface area contributed by atoms with Crippen molar-refractivity contribution in [3.63, 3.8) is 0 Å². The van der Waals surface area contributed by atoms with E-state index in [0.717, 1.165) is 13.1 Å². The molecule has 0 aliphatic heterocycles. The second-order valence-corrected chi connectivity index (χ2v) is 4.02. The Labute approximate surface area is 89.8 Å². The minimum absolute atomic E-state index is 0.160. The number of halogens is 3. The molecular weight excluding hydrogens is 205 g/mol. The fraction of sp³-hybridized carbons (Fsp3) is 1.00. The number of hydrogen-bond acceptors (Lipinski definition) is 2. The van der Waals surface area contributed by atoms with Gasteiger partial charge in [0.25, 0.3) is 0 Å². The van der Waals surface area contributed by atoms with Gasteiger partial charge in [0.15, 0.2) is 0 Å². The average Bonchev–Trinajstić information content (AvgIpc) is 2.00. The van der Waals surface area contributed by atoms with Crippen molar-refractivity contribution in [3.05, 3.63) is 0 Å². The quantitative estimate of drug-likeness (QED) is 0.716. The predicted octanol–water partition coefficient (Wildman–Crippen LogP) is 2.26. The molecule has 0 spiro atoms. The van der Waals surface area contributed by atoms with Crippen molar-refractivity contribution in [2.75, 3.05) is 27.2 Å².